The molecule has 3 N–H and O–H groups in total. The molecule has 0 amide bonds. The normalized spacial score (nSPS) is 11.6. The molecule has 124 valence electrons. The molecule has 2 aromatic rings. The number of anilines is 2. The molecule has 2 rings (SSSR count). The fraction of sp³-hybridized carbons (Fsp3) is 0.0769. The zero-order chi connectivity index (χ0) is 17.4. The van der Waals surface area contributed by atoms with Crippen molar-refractivity contribution in [2.24, 2.45) is 0 Å². The number of aryl methyl sites for hydroxylation is 1. The molecule has 10 heteroatoms. The van der Waals surface area contributed by atoms with Crippen LogP contribution in [0.4, 0.5) is 20.2 Å². The van der Waals surface area contributed by atoms with Crippen molar-refractivity contribution in [3.05, 3.63) is 49.5 Å². The van der Waals surface area contributed by atoms with Gasteiger partial charge in [-0.15, -0.1) is 0 Å². The zero-order valence-corrected chi connectivity index (χ0v) is 16.1. The van der Waals surface area contributed by atoms with Crippen LogP contribution >= 0.6 is 38.5 Å². The highest BCUT2D eigenvalue weighted by molar-refractivity contribution is 14.1. The van der Waals surface area contributed by atoms with Crippen LogP contribution in [0, 0.1) is 22.1 Å². The third-order valence-electron chi connectivity index (χ3n) is 2.98. The quantitative estimate of drug-likeness (QED) is 0.324. The minimum atomic E-state index is -4.43. The molecule has 0 fully saturated rings. The van der Waals surface area contributed by atoms with E-state index in [1.807, 2.05) is 0 Å². The van der Waals surface area contributed by atoms with Gasteiger partial charge in [-0.25, -0.2) is 17.2 Å². The van der Waals surface area contributed by atoms with Crippen molar-refractivity contribution in [3.63, 3.8) is 0 Å². The molecule has 0 aliphatic rings. The van der Waals surface area contributed by atoms with Gasteiger partial charge in [0, 0.05) is 9.26 Å². The number of hydrogen-bond donors (Lipinski definition) is 3. The zero-order valence-electron chi connectivity index (χ0n) is 11.5. The Bertz CT molecular complexity index is 878. The van der Waals surface area contributed by atoms with Gasteiger partial charge in [0.05, 0.1) is 10.2 Å². The van der Waals surface area contributed by atoms with Gasteiger partial charge in [0.25, 0.3) is 10.0 Å². The molecular weight excluding hydrogens is 509 g/mol. The molecule has 0 unspecified atom stereocenters. The van der Waals surface area contributed by atoms with E-state index in [1.165, 1.54) is 0 Å². The maximum atomic E-state index is 14.2. The largest absolute Gasteiger partial charge is 0.352 e. The predicted molar refractivity (Wildman–Crippen MR) is 93.3 cm³/mol. The summed E-state index contributed by atoms with van der Waals surface area (Å²) in [4.78, 5) is 0.467. The molecule has 2 aromatic carbocycles. The average molecular weight is 519 g/mol. The van der Waals surface area contributed by atoms with Crippen LogP contribution in [0.5, 0.6) is 0 Å². The first-order chi connectivity index (χ1) is 10.7. The molecule has 0 radical (unpaired) electrons. The summed E-state index contributed by atoms with van der Waals surface area (Å²) in [5, 5.41) is 11.4. The van der Waals surface area contributed by atoms with E-state index < -0.39 is 32.2 Å². The lowest BCUT2D eigenvalue weighted by Gasteiger charge is -2.16. The van der Waals surface area contributed by atoms with Gasteiger partial charge in [0.2, 0.25) is 0 Å². The molecule has 0 bridgehead atoms. The highest BCUT2D eigenvalue weighted by atomic mass is 127. The maximum Gasteiger partial charge on any atom is 0.264 e. The molecule has 0 saturated carbocycles. The van der Waals surface area contributed by atoms with E-state index >= 15 is 0 Å². The second kappa shape index (κ2) is 6.97. The van der Waals surface area contributed by atoms with Crippen molar-refractivity contribution in [1.82, 2.24) is 4.89 Å². The van der Waals surface area contributed by atoms with Crippen molar-refractivity contribution < 1.29 is 22.4 Å². The molecule has 0 saturated heterocycles. The van der Waals surface area contributed by atoms with Crippen molar-refractivity contribution >= 4 is 59.9 Å². The van der Waals surface area contributed by atoms with Crippen molar-refractivity contribution in [1.29, 1.82) is 0 Å². The lowest BCUT2D eigenvalue weighted by molar-refractivity contribution is 0.242. The molecule has 0 heterocycles. The standard InChI is InChI=1S/C13H10BrF2IN2O3S/c1-6-4-7(17)2-3-9(6)18-13-10(23(21,22)19-20)5-8(14)11(15)12(13)16/h2-5,18-20H,1H3. The van der Waals surface area contributed by atoms with Gasteiger partial charge >= 0.3 is 0 Å². The first-order valence-corrected chi connectivity index (χ1v) is 9.39. The van der Waals surface area contributed by atoms with Gasteiger partial charge in [0.1, 0.15) is 4.90 Å². The Morgan fingerprint density at radius 1 is 1.22 bits per heavy atom. The minimum Gasteiger partial charge on any atom is -0.352 e. The van der Waals surface area contributed by atoms with Crippen molar-refractivity contribution in [2.45, 2.75) is 11.8 Å². The molecule has 0 aromatic heterocycles. The summed E-state index contributed by atoms with van der Waals surface area (Å²) < 4.78 is 52.3. The predicted octanol–water partition coefficient (Wildman–Crippen LogP) is 4.05. The molecule has 5 nitrogen and oxygen atoms in total. The summed E-state index contributed by atoms with van der Waals surface area (Å²) >= 11 is 4.83. The van der Waals surface area contributed by atoms with Gasteiger partial charge in [-0.1, -0.05) is 4.89 Å². The second-order valence-corrected chi connectivity index (χ2v) is 8.27. The van der Waals surface area contributed by atoms with E-state index in [-0.39, 0.29) is 4.47 Å². The Hall–Kier alpha value is -0.820. The topological polar surface area (TPSA) is 78.4 Å². The highest BCUT2D eigenvalue weighted by Crippen LogP contribution is 2.34. The molecule has 0 atom stereocenters. The van der Waals surface area contributed by atoms with Crippen LogP contribution in [0.25, 0.3) is 0 Å². The van der Waals surface area contributed by atoms with Gasteiger partial charge < -0.3 is 10.5 Å². The Labute approximate surface area is 153 Å². The lowest BCUT2D eigenvalue weighted by atomic mass is 10.2. The highest BCUT2D eigenvalue weighted by Gasteiger charge is 2.26. The summed E-state index contributed by atoms with van der Waals surface area (Å²) in [6.07, 6.45) is 0. The van der Waals surface area contributed by atoms with Gasteiger partial charge in [-0.3, -0.25) is 0 Å². The monoisotopic (exact) mass is 518 g/mol. The Morgan fingerprint density at radius 2 is 1.87 bits per heavy atom. The number of sulfonamides is 1. The van der Waals surface area contributed by atoms with E-state index in [4.69, 9.17) is 5.21 Å². The third kappa shape index (κ3) is 3.82. The van der Waals surface area contributed by atoms with E-state index in [1.54, 1.807) is 25.1 Å². The van der Waals surface area contributed by atoms with Gasteiger partial charge in [0.15, 0.2) is 11.6 Å². The van der Waals surface area contributed by atoms with E-state index in [0.717, 1.165) is 14.5 Å². The summed E-state index contributed by atoms with van der Waals surface area (Å²) in [6.45, 7) is 1.73. The average Bonchev–Trinajstić information content (AvgIpc) is 2.49. The number of nitrogens with one attached hydrogen (secondary N) is 2. The Kier molecular flexibility index (Phi) is 5.61. The SMILES string of the molecule is Cc1cc(I)ccc1Nc1c(S(=O)(=O)NO)cc(Br)c(F)c1F. The van der Waals surface area contributed by atoms with Crippen LogP contribution in [0.1, 0.15) is 5.56 Å². The van der Waals surface area contributed by atoms with Crippen LogP contribution in [0.15, 0.2) is 33.6 Å². The van der Waals surface area contributed by atoms with Crippen LogP contribution in [0.3, 0.4) is 0 Å². The van der Waals surface area contributed by atoms with Crippen LogP contribution < -0.4 is 10.2 Å². The van der Waals surface area contributed by atoms with Crippen molar-refractivity contribution in [2.75, 3.05) is 5.32 Å². The van der Waals surface area contributed by atoms with Crippen LogP contribution in [-0.4, -0.2) is 13.6 Å². The van der Waals surface area contributed by atoms with Gasteiger partial charge in [-0.05, 0) is 75.3 Å². The smallest absolute Gasteiger partial charge is 0.264 e. The molecule has 0 spiro atoms. The number of benzene rings is 2. The molecule has 23 heavy (non-hydrogen) atoms. The third-order valence-corrected chi connectivity index (χ3v) is 5.37. The van der Waals surface area contributed by atoms with E-state index in [2.05, 4.69) is 43.8 Å². The van der Waals surface area contributed by atoms with E-state index in [9.17, 15) is 17.2 Å². The number of rotatable bonds is 4. The molecular formula is C13H10BrF2IN2O3S. The Balaban J connectivity index is 2.67. The summed E-state index contributed by atoms with van der Waals surface area (Å²) in [5.41, 5.74) is 0.511. The van der Waals surface area contributed by atoms with Crippen molar-refractivity contribution in [3.8, 4) is 0 Å². The number of hydrogen-bond acceptors (Lipinski definition) is 4. The summed E-state index contributed by atoms with van der Waals surface area (Å²) in [5.74, 6) is -2.63. The molecule has 0 aliphatic carbocycles. The maximum absolute atomic E-state index is 14.2. The second-order valence-electron chi connectivity index (χ2n) is 4.54. The lowest BCUT2D eigenvalue weighted by Crippen LogP contribution is -2.21. The fourth-order valence-corrected chi connectivity index (χ4v) is 3.84. The van der Waals surface area contributed by atoms with Gasteiger partial charge in [-0.2, -0.15) is 0 Å². The minimum absolute atomic E-state index is 0.381. The summed E-state index contributed by atoms with van der Waals surface area (Å²) in [6, 6.07) is 5.98. The Morgan fingerprint density at radius 3 is 2.43 bits per heavy atom. The van der Waals surface area contributed by atoms with Crippen LogP contribution in [-0.2, 0) is 10.0 Å². The summed E-state index contributed by atoms with van der Waals surface area (Å²) in [7, 11) is -4.43. The fourth-order valence-electron chi connectivity index (χ4n) is 1.85. The first-order valence-electron chi connectivity index (χ1n) is 6.04. The van der Waals surface area contributed by atoms with Crippen LogP contribution in [0.2, 0.25) is 0 Å². The molecule has 0 aliphatic heterocycles. The first kappa shape index (κ1) is 18.5. The number of halogens is 4. The van der Waals surface area contributed by atoms with E-state index in [0.29, 0.717) is 11.3 Å².